The number of esters is 1. The van der Waals surface area contributed by atoms with Crippen LogP contribution in [-0.2, 0) is 9.47 Å². The molecule has 0 unspecified atom stereocenters. The van der Waals surface area contributed by atoms with Gasteiger partial charge in [0.05, 0.1) is 19.8 Å². The van der Waals surface area contributed by atoms with Gasteiger partial charge in [0.25, 0.3) is 5.56 Å². The van der Waals surface area contributed by atoms with Crippen LogP contribution < -0.4 is 10.5 Å². The summed E-state index contributed by atoms with van der Waals surface area (Å²) >= 11 is 0. The van der Waals surface area contributed by atoms with Gasteiger partial charge in [0.2, 0.25) is 0 Å². The first-order valence-electron chi connectivity index (χ1n) is 7.21. The molecule has 3 rings (SSSR count). The van der Waals surface area contributed by atoms with Crippen LogP contribution in [0.3, 0.4) is 0 Å². The Kier molecular flexibility index (Phi) is 3.99. The molecule has 3 heterocycles. The predicted molar refractivity (Wildman–Crippen MR) is 79.5 cm³/mol. The van der Waals surface area contributed by atoms with Gasteiger partial charge in [0.1, 0.15) is 11.6 Å². The number of ether oxygens (including phenoxy) is 2. The number of hydrogen-bond acceptors (Lipinski definition) is 7. The van der Waals surface area contributed by atoms with Crippen molar-refractivity contribution < 1.29 is 14.3 Å². The average Bonchev–Trinajstić information content (AvgIpc) is 3.00. The van der Waals surface area contributed by atoms with E-state index in [1.807, 2.05) is 11.0 Å². The second-order valence-corrected chi connectivity index (χ2v) is 4.89. The summed E-state index contributed by atoms with van der Waals surface area (Å²) in [5, 5.41) is 12.0. The summed E-state index contributed by atoms with van der Waals surface area (Å²) in [5.74, 6) is -0.304. The Labute approximate surface area is 131 Å². The lowest BCUT2D eigenvalue weighted by Gasteiger charge is -2.28. The van der Waals surface area contributed by atoms with Crippen molar-refractivity contribution in [1.29, 1.82) is 5.26 Å². The van der Waals surface area contributed by atoms with E-state index in [0.717, 1.165) is 4.52 Å². The van der Waals surface area contributed by atoms with Crippen molar-refractivity contribution >= 4 is 17.4 Å². The van der Waals surface area contributed by atoms with Crippen LogP contribution in [0.2, 0.25) is 0 Å². The third-order valence-corrected chi connectivity index (χ3v) is 3.56. The SMILES string of the molecule is CCOC(=O)c1c[nH]n2c(=O)c(C#N)c(N3CCOCC3)nc12. The molecule has 2 aromatic heterocycles. The monoisotopic (exact) mass is 317 g/mol. The van der Waals surface area contributed by atoms with Gasteiger partial charge in [-0.15, -0.1) is 0 Å². The summed E-state index contributed by atoms with van der Waals surface area (Å²) < 4.78 is 11.3. The van der Waals surface area contributed by atoms with Gasteiger partial charge in [-0.05, 0) is 6.92 Å². The second-order valence-electron chi connectivity index (χ2n) is 4.89. The smallest absolute Gasteiger partial charge is 0.343 e. The van der Waals surface area contributed by atoms with E-state index < -0.39 is 11.5 Å². The lowest BCUT2D eigenvalue weighted by molar-refractivity contribution is 0.0528. The van der Waals surface area contributed by atoms with Crippen LogP contribution in [0.25, 0.3) is 5.65 Å². The Hall–Kier alpha value is -2.86. The van der Waals surface area contributed by atoms with E-state index in [2.05, 4.69) is 10.1 Å². The van der Waals surface area contributed by atoms with E-state index in [1.165, 1.54) is 6.20 Å². The Morgan fingerprint density at radius 3 is 2.91 bits per heavy atom. The molecule has 0 saturated carbocycles. The van der Waals surface area contributed by atoms with Crippen molar-refractivity contribution in [1.82, 2.24) is 14.6 Å². The highest BCUT2D eigenvalue weighted by molar-refractivity contribution is 5.95. The maximum atomic E-state index is 12.5. The van der Waals surface area contributed by atoms with Gasteiger partial charge in [0.15, 0.2) is 17.0 Å². The number of nitriles is 1. The van der Waals surface area contributed by atoms with E-state index >= 15 is 0 Å². The molecule has 1 N–H and O–H groups in total. The van der Waals surface area contributed by atoms with Crippen molar-refractivity contribution in [3.63, 3.8) is 0 Å². The van der Waals surface area contributed by atoms with Gasteiger partial charge < -0.3 is 14.4 Å². The number of aromatic nitrogens is 3. The molecular weight excluding hydrogens is 302 g/mol. The molecule has 2 aromatic rings. The van der Waals surface area contributed by atoms with Gasteiger partial charge in [0, 0.05) is 19.3 Å². The van der Waals surface area contributed by atoms with Gasteiger partial charge >= 0.3 is 5.97 Å². The average molecular weight is 317 g/mol. The minimum Gasteiger partial charge on any atom is -0.462 e. The highest BCUT2D eigenvalue weighted by atomic mass is 16.5. The Balaban J connectivity index is 2.19. The molecule has 120 valence electrons. The number of anilines is 1. The molecule has 9 heteroatoms. The maximum absolute atomic E-state index is 12.5. The molecule has 1 fully saturated rings. The fourth-order valence-electron chi connectivity index (χ4n) is 2.46. The van der Waals surface area contributed by atoms with Crippen LogP contribution in [0.5, 0.6) is 0 Å². The number of rotatable bonds is 3. The number of carbonyl (C=O) groups is 1. The fraction of sp³-hybridized carbons (Fsp3) is 0.429. The third-order valence-electron chi connectivity index (χ3n) is 3.56. The lowest BCUT2D eigenvalue weighted by atomic mass is 10.2. The molecule has 0 radical (unpaired) electrons. The Morgan fingerprint density at radius 2 is 2.26 bits per heavy atom. The van der Waals surface area contributed by atoms with E-state index in [4.69, 9.17) is 9.47 Å². The molecule has 1 aliphatic rings. The third kappa shape index (κ3) is 2.53. The van der Waals surface area contributed by atoms with E-state index in [9.17, 15) is 14.9 Å². The first kappa shape index (κ1) is 15.1. The normalized spacial score (nSPS) is 14.7. The van der Waals surface area contributed by atoms with Crippen molar-refractivity contribution in [3.05, 3.63) is 27.7 Å². The molecule has 1 aliphatic heterocycles. The molecule has 23 heavy (non-hydrogen) atoms. The maximum Gasteiger partial charge on any atom is 0.343 e. The van der Waals surface area contributed by atoms with Crippen LogP contribution in [-0.4, -0.2) is 53.5 Å². The quantitative estimate of drug-likeness (QED) is 0.787. The number of nitrogens with zero attached hydrogens (tertiary/aromatic N) is 4. The first-order chi connectivity index (χ1) is 11.2. The van der Waals surface area contributed by atoms with Crippen LogP contribution in [0.1, 0.15) is 22.8 Å². The number of nitrogens with one attached hydrogen (secondary N) is 1. The zero-order valence-corrected chi connectivity index (χ0v) is 12.5. The summed E-state index contributed by atoms with van der Waals surface area (Å²) in [6.07, 6.45) is 1.35. The molecule has 0 aliphatic carbocycles. The molecule has 0 aromatic carbocycles. The summed E-state index contributed by atoms with van der Waals surface area (Å²) in [4.78, 5) is 30.6. The van der Waals surface area contributed by atoms with Gasteiger partial charge in [-0.2, -0.15) is 9.78 Å². The Bertz CT molecular complexity index is 841. The highest BCUT2D eigenvalue weighted by Crippen LogP contribution is 2.19. The second kappa shape index (κ2) is 6.10. The fourth-order valence-corrected chi connectivity index (χ4v) is 2.46. The zero-order valence-electron chi connectivity index (χ0n) is 12.5. The molecule has 0 atom stereocenters. The number of hydrogen-bond donors (Lipinski definition) is 1. The van der Waals surface area contributed by atoms with Gasteiger partial charge in [-0.3, -0.25) is 9.89 Å². The van der Waals surface area contributed by atoms with Gasteiger partial charge in [-0.25, -0.2) is 9.78 Å². The van der Waals surface area contributed by atoms with E-state index in [1.54, 1.807) is 6.92 Å². The summed E-state index contributed by atoms with van der Waals surface area (Å²) in [7, 11) is 0. The molecule has 9 nitrogen and oxygen atoms in total. The molecule has 0 amide bonds. The molecule has 0 bridgehead atoms. The summed E-state index contributed by atoms with van der Waals surface area (Å²) in [5.41, 5.74) is -0.312. The summed E-state index contributed by atoms with van der Waals surface area (Å²) in [6.45, 7) is 3.94. The topological polar surface area (TPSA) is 113 Å². The number of morpholine rings is 1. The van der Waals surface area contributed by atoms with Crippen LogP contribution in [0.15, 0.2) is 11.0 Å². The molecule has 1 saturated heterocycles. The predicted octanol–water partition coefficient (Wildman–Crippen LogP) is -0.0924. The molecule has 0 spiro atoms. The van der Waals surface area contributed by atoms with Crippen LogP contribution >= 0.6 is 0 Å². The lowest BCUT2D eigenvalue weighted by Crippen LogP contribution is -2.38. The highest BCUT2D eigenvalue weighted by Gasteiger charge is 2.24. The van der Waals surface area contributed by atoms with E-state index in [-0.39, 0.29) is 29.2 Å². The van der Waals surface area contributed by atoms with Crippen molar-refractivity contribution in [2.24, 2.45) is 0 Å². The first-order valence-corrected chi connectivity index (χ1v) is 7.21. The number of carbonyl (C=O) groups excluding carboxylic acids is 1. The number of aromatic amines is 1. The van der Waals surface area contributed by atoms with Crippen molar-refractivity contribution in [3.8, 4) is 6.07 Å². The minimum absolute atomic E-state index is 0.0679. The van der Waals surface area contributed by atoms with Crippen molar-refractivity contribution in [2.75, 3.05) is 37.8 Å². The minimum atomic E-state index is -0.573. The largest absolute Gasteiger partial charge is 0.462 e. The van der Waals surface area contributed by atoms with E-state index in [0.29, 0.717) is 26.3 Å². The molecular formula is C14H15N5O4. The number of H-pyrrole nitrogens is 1. The summed E-state index contributed by atoms with van der Waals surface area (Å²) in [6, 6.07) is 1.90. The number of fused-ring (bicyclic) bond motifs is 1. The standard InChI is InChI=1S/C14H15N5O4/c1-2-23-14(21)10-8-16-19-12(10)17-11(9(7-15)13(19)20)18-3-5-22-6-4-18/h8,16H,2-6H2,1H3. The van der Waals surface area contributed by atoms with Crippen LogP contribution in [0, 0.1) is 11.3 Å². The van der Waals surface area contributed by atoms with Crippen molar-refractivity contribution in [2.45, 2.75) is 6.92 Å². The Morgan fingerprint density at radius 1 is 1.52 bits per heavy atom. The zero-order chi connectivity index (χ0) is 16.4. The van der Waals surface area contributed by atoms with Gasteiger partial charge in [-0.1, -0.05) is 0 Å². The van der Waals surface area contributed by atoms with Crippen LogP contribution in [0.4, 0.5) is 5.82 Å².